The Morgan fingerprint density at radius 1 is 1.43 bits per heavy atom. The Morgan fingerprint density at radius 2 is 2.21 bits per heavy atom. The van der Waals surface area contributed by atoms with Crippen molar-refractivity contribution in [3.8, 4) is 0 Å². The lowest BCUT2D eigenvalue weighted by molar-refractivity contribution is 0.145. The van der Waals surface area contributed by atoms with Crippen LogP contribution in [-0.2, 0) is 0 Å². The molecule has 1 aliphatic heterocycles. The minimum absolute atomic E-state index is 0.0906. The van der Waals surface area contributed by atoms with Crippen LogP contribution in [0.5, 0.6) is 0 Å². The van der Waals surface area contributed by atoms with Crippen molar-refractivity contribution >= 4 is 0 Å². The van der Waals surface area contributed by atoms with E-state index in [-0.39, 0.29) is 12.7 Å². The molecule has 1 atom stereocenters. The van der Waals surface area contributed by atoms with Gasteiger partial charge in [-0.15, -0.1) is 0 Å². The number of hydrogen-bond donors (Lipinski definition) is 2. The van der Waals surface area contributed by atoms with Gasteiger partial charge in [-0.3, -0.25) is 4.90 Å². The quantitative estimate of drug-likeness (QED) is 0.755. The lowest BCUT2D eigenvalue weighted by Gasteiger charge is -2.32. The smallest absolute Gasteiger partial charge is 0.111 e. The van der Waals surface area contributed by atoms with E-state index in [0.717, 1.165) is 31.9 Å². The summed E-state index contributed by atoms with van der Waals surface area (Å²) in [5, 5.41) is 3.26. The summed E-state index contributed by atoms with van der Waals surface area (Å²) in [4.78, 5) is 5.27. The van der Waals surface area contributed by atoms with E-state index in [1.807, 2.05) is 18.3 Å². The maximum Gasteiger partial charge on any atom is 0.111 e. The van der Waals surface area contributed by atoms with Gasteiger partial charge in [-0.2, -0.15) is 0 Å². The fourth-order valence-corrected chi connectivity index (χ4v) is 1.92. The van der Waals surface area contributed by atoms with Gasteiger partial charge in [-0.05, 0) is 12.1 Å². The Morgan fingerprint density at radius 3 is 2.79 bits per heavy atom. The van der Waals surface area contributed by atoms with Crippen LogP contribution in [0.3, 0.4) is 0 Å². The summed E-state index contributed by atoms with van der Waals surface area (Å²) < 4.78 is 12.9. The van der Waals surface area contributed by atoms with E-state index in [1.165, 1.54) is 0 Å². The van der Waals surface area contributed by atoms with Crippen LogP contribution >= 0.6 is 0 Å². The van der Waals surface area contributed by atoms with Crippen molar-refractivity contribution in [2.24, 2.45) is 0 Å². The molecule has 14 heavy (non-hydrogen) atoms. The van der Waals surface area contributed by atoms with Crippen molar-refractivity contribution in [3.05, 3.63) is 24.0 Å². The van der Waals surface area contributed by atoms with E-state index in [0.29, 0.717) is 0 Å². The second kappa shape index (κ2) is 4.57. The zero-order chi connectivity index (χ0) is 9.80. The number of aromatic amines is 1. The number of nitrogens with one attached hydrogen (secondary N) is 2. The van der Waals surface area contributed by atoms with Crippen molar-refractivity contribution in [2.75, 3.05) is 32.9 Å². The molecule has 2 heterocycles. The monoisotopic (exact) mass is 197 g/mol. The minimum Gasteiger partial charge on any atom is -0.364 e. The normalized spacial score (nSPS) is 20.9. The number of rotatable bonds is 3. The number of halogens is 1. The fraction of sp³-hybridized carbons (Fsp3) is 0.600. The van der Waals surface area contributed by atoms with Crippen molar-refractivity contribution < 1.29 is 4.39 Å². The summed E-state index contributed by atoms with van der Waals surface area (Å²) >= 11 is 0. The molecule has 0 unspecified atom stereocenters. The fourth-order valence-electron chi connectivity index (χ4n) is 1.92. The Labute approximate surface area is 83.3 Å². The van der Waals surface area contributed by atoms with Crippen LogP contribution in [0.25, 0.3) is 0 Å². The molecule has 2 rings (SSSR count). The van der Waals surface area contributed by atoms with Crippen LogP contribution in [0, 0.1) is 0 Å². The molecule has 0 radical (unpaired) electrons. The van der Waals surface area contributed by atoms with Crippen molar-refractivity contribution in [2.45, 2.75) is 6.04 Å². The molecular formula is C10H16FN3. The molecule has 3 nitrogen and oxygen atoms in total. The zero-order valence-electron chi connectivity index (χ0n) is 8.17. The molecule has 1 fully saturated rings. The minimum atomic E-state index is -0.319. The molecule has 0 aliphatic carbocycles. The van der Waals surface area contributed by atoms with Gasteiger partial charge in [0.2, 0.25) is 0 Å². The van der Waals surface area contributed by atoms with E-state index < -0.39 is 0 Å². The summed E-state index contributed by atoms with van der Waals surface area (Å²) in [5.74, 6) is 0. The summed E-state index contributed by atoms with van der Waals surface area (Å²) in [7, 11) is 0. The molecule has 2 N–H and O–H groups in total. The Balaban J connectivity index is 2.04. The second-order valence-corrected chi connectivity index (χ2v) is 3.58. The highest BCUT2D eigenvalue weighted by atomic mass is 19.1. The summed E-state index contributed by atoms with van der Waals surface area (Å²) in [6.45, 7) is 3.44. The average Bonchev–Trinajstić information content (AvgIpc) is 2.74. The van der Waals surface area contributed by atoms with Crippen LogP contribution in [0.1, 0.15) is 11.7 Å². The molecule has 0 amide bonds. The van der Waals surface area contributed by atoms with Crippen LogP contribution in [-0.4, -0.2) is 42.7 Å². The van der Waals surface area contributed by atoms with Gasteiger partial charge in [-0.25, -0.2) is 4.39 Å². The first-order valence-electron chi connectivity index (χ1n) is 5.06. The molecule has 1 aromatic heterocycles. The van der Waals surface area contributed by atoms with Gasteiger partial charge >= 0.3 is 0 Å². The Kier molecular flexibility index (Phi) is 3.16. The molecule has 0 saturated carbocycles. The number of hydrogen-bond acceptors (Lipinski definition) is 2. The van der Waals surface area contributed by atoms with E-state index >= 15 is 0 Å². The Bertz CT molecular complexity index is 254. The largest absolute Gasteiger partial charge is 0.364 e. The second-order valence-electron chi connectivity index (χ2n) is 3.58. The standard InChI is InChI=1S/C10H16FN3/c11-8-10(9-2-1-3-13-9)14-6-4-12-5-7-14/h1-3,10,12-13H,4-8H2/t10-/m0/s1. The molecule has 78 valence electrons. The van der Waals surface area contributed by atoms with Gasteiger partial charge in [0.25, 0.3) is 0 Å². The summed E-state index contributed by atoms with van der Waals surface area (Å²) in [6, 6.07) is 3.78. The van der Waals surface area contributed by atoms with Crippen molar-refractivity contribution in [1.29, 1.82) is 0 Å². The lowest BCUT2D eigenvalue weighted by Crippen LogP contribution is -2.45. The van der Waals surface area contributed by atoms with E-state index in [2.05, 4.69) is 15.2 Å². The number of piperazine rings is 1. The third kappa shape index (κ3) is 1.96. The lowest BCUT2D eigenvalue weighted by atomic mass is 10.2. The first-order valence-corrected chi connectivity index (χ1v) is 5.06. The van der Waals surface area contributed by atoms with Crippen molar-refractivity contribution in [3.63, 3.8) is 0 Å². The predicted molar refractivity (Wildman–Crippen MR) is 54.0 cm³/mol. The first kappa shape index (κ1) is 9.68. The van der Waals surface area contributed by atoms with Gasteiger partial charge in [0.05, 0.1) is 6.04 Å². The Hall–Kier alpha value is -0.870. The third-order valence-corrected chi connectivity index (χ3v) is 2.72. The van der Waals surface area contributed by atoms with Crippen LogP contribution in [0.2, 0.25) is 0 Å². The van der Waals surface area contributed by atoms with Gasteiger partial charge in [0.15, 0.2) is 0 Å². The molecule has 0 aromatic carbocycles. The number of aromatic nitrogens is 1. The van der Waals surface area contributed by atoms with Crippen LogP contribution in [0.15, 0.2) is 18.3 Å². The molecule has 1 aromatic rings. The van der Waals surface area contributed by atoms with Crippen molar-refractivity contribution in [1.82, 2.24) is 15.2 Å². The van der Waals surface area contributed by atoms with Gasteiger partial charge in [-0.1, -0.05) is 0 Å². The highest BCUT2D eigenvalue weighted by Crippen LogP contribution is 2.19. The van der Waals surface area contributed by atoms with Crippen LogP contribution in [0.4, 0.5) is 4.39 Å². The van der Waals surface area contributed by atoms with Gasteiger partial charge < -0.3 is 10.3 Å². The van der Waals surface area contributed by atoms with Gasteiger partial charge in [0.1, 0.15) is 6.67 Å². The number of nitrogens with zero attached hydrogens (tertiary/aromatic N) is 1. The zero-order valence-corrected chi connectivity index (χ0v) is 8.17. The highest BCUT2D eigenvalue weighted by Gasteiger charge is 2.22. The maximum atomic E-state index is 12.9. The molecule has 0 bridgehead atoms. The molecule has 1 saturated heterocycles. The predicted octanol–water partition coefficient (Wildman–Crippen LogP) is 0.930. The van der Waals surface area contributed by atoms with E-state index in [4.69, 9.17) is 0 Å². The SMILES string of the molecule is FC[C@@H](c1ccc[nH]1)N1CCNCC1. The van der Waals surface area contributed by atoms with E-state index in [9.17, 15) is 4.39 Å². The third-order valence-electron chi connectivity index (χ3n) is 2.72. The highest BCUT2D eigenvalue weighted by molar-refractivity contribution is 5.09. The maximum absolute atomic E-state index is 12.9. The van der Waals surface area contributed by atoms with Crippen LogP contribution < -0.4 is 5.32 Å². The topological polar surface area (TPSA) is 31.1 Å². The summed E-state index contributed by atoms with van der Waals surface area (Å²) in [5.41, 5.74) is 0.981. The summed E-state index contributed by atoms with van der Waals surface area (Å²) in [6.07, 6.45) is 1.85. The molecular weight excluding hydrogens is 181 g/mol. The van der Waals surface area contributed by atoms with Gasteiger partial charge in [0, 0.05) is 38.1 Å². The molecule has 1 aliphatic rings. The molecule has 0 spiro atoms. The first-order chi connectivity index (χ1) is 6.92. The number of H-pyrrole nitrogens is 1. The number of alkyl halides is 1. The molecule has 4 heteroatoms. The van der Waals surface area contributed by atoms with E-state index in [1.54, 1.807) is 0 Å². The average molecular weight is 197 g/mol.